The van der Waals surface area contributed by atoms with Gasteiger partial charge in [0.15, 0.2) is 0 Å². The number of carbonyl (C=O) groups is 7. The number of hydroxylamine groups is 2. The fourth-order valence-corrected chi connectivity index (χ4v) is 1.78. The second-order valence-electron chi connectivity index (χ2n) is 5.36. The Morgan fingerprint density at radius 1 is 0.931 bits per heavy atom. The van der Waals surface area contributed by atoms with Crippen LogP contribution in [-0.4, -0.2) is 53.0 Å². The van der Waals surface area contributed by atoms with Gasteiger partial charge in [-0.3, -0.25) is 14.4 Å². The summed E-state index contributed by atoms with van der Waals surface area (Å²) in [5.41, 5.74) is 0. The Morgan fingerprint density at radius 2 is 1.41 bits per heavy atom. The normalized spacial score (nSPS) is 14.8. The van der Waals surface area contributed by atoms with E-state index in [1.165, 1.54) is 13.3 Å². The van der Waals surface area contributed by atoms with Gasteiger partial charge in [0.2, 0.25) is 0 Å². The molecule has 0 aromatic heterocycles. The van der Waals surface area contributed by atoms with Crippen LogP contribution in [0.4, 0.5) is 0 Å². The van der Waals surface area contributed by atoms with Crippen molar-refractivity contribution in [2.24, 2.45) is 0 Å². The van der Waals surface area contributed by atoms with E-state index in [0.717, 1.165) is 0 Å². The van der Waals surface area contributed by atoms with E-state index >= 15 is 0 Å². The van der Waals surface area contributed by atoms with Crippen LogP contribution in [0.5, 0.6) is 0 Å². The number of Topliss-reactive ketones (excluding diaryl/α,β-unsaturated/α-hetero) is 1. The molecule has 0 aromatic rings. The average Bonchev–Trinajstić information content (AvgIpc) is 3.24. The molecule has 0 unspecified atom stereocenters. The second kappa shape index (κ2) is 14.1. The molecule has 0 spiro atoms. The van der Waals surface area contributed by atoms with Gasteiger partial charge >= 0.3 is 31.5 Å². The molecule has 2 aliphatic rings. The Morgan fingerprint density at radius 3 is 1.83 bits per heavy atom. The first-order valence-electron chi connectivity index (χ1n) is 8.18. The molecule has 0 bridgehead atoms. The summed E-state index contributed by atoms with van der Waals surface area (Å²) in [6, 6.07) is 0. The van der Waals surface area contributed by atoms with Crippen LogP contribution in [0.3, 0.4) is 0 Å². The molecule has 12 nitrogen and oxygen atoms in total. The fourth-order valence-electron chi connectivity index (χ4n) is 1.78. The molecule has 163 valence electrons. The van der Waals surface area contributed by atoms with Crippen molar-refractivity contribution in [2.75, 3.05) is 6.61 Å². The van der Waals surface area contributed by atoms with E-state index in [0.29, 0.717) is 17.9 Å². The van der Waals surface area contributed by atoms with Crippen LogP contribution in [0.1, 0.15) is 45.4 Å². The predicted octanol–water partition coefficient (Wildman–Crippen LogP) is -0.204. The number of esters is 1. The second-order valence-corrected chi connectivity index (χ2v) is 5.36. The number of hydrogen-bond donors (Lipinski definition) is 0. The van der Waals surface area contributed by atoms with Crippen molar-refractivity contribution in [3.8, 4) is 0 Å². The summed E-state index contributed by atoms with van der Waals surface area (Å²) in [5.74, 6) is -3.70. The SMILES string of the molecule is C[CH-]C(=O)COC(=O)CCC(=O)ON1C(=O)CCC1=O.O=C1CCC(=O)[N-]1.[O]=[Co]. The van der Waals surface area contributed by atoms with E-state index in [-0.39, 0.29) is 49.9 Å². The number of hydrogen-bond acceptors (Lipinski definition) is 10. The van der Waals surface area contributed by atoms with Crippen LogP contribution in [0.25, 0.3) is 5.32 Å². The molecule has 0 N–H and O–H groups in total. The minimum absolute atomic E-state index is 0.00375. The van der Waals surface area contributed by atoms with Crippen molar-refractivity contribution in [1.29, 1.82) is 0 Å². The average molecular weight is 457 g/mol. The molecule has 0 saturated carbocycles. The molecule has 0 aromatic carbocycles. The molecule has 2 rings (SSSR count). The van der Waals surface area contributed by atoms with Crippen molar-refractivity contribution < 1.29 is 62.7 Å². The summed E-state index contributed by atoms with van der Waals surface area (Å²) in [4.78, 5) is 80.4. The fraction of sp³-hybridized carbons (Fsp3) is 0.500. The van der Waals surface area contributed by atoms with Crippen LogP contribution >= 0.6 is 0 Å². The van der Waals surface area contributed by atoms with Gasteiger partial charge in [-0.15, -0.1) is 5.06 Å². The Labute approximate surface area is 173 Å². The molecule has 2 saturated heterocycles. The van der Waals surface area contributed by atoms with Gasteiger partial charge in [-0.05, 0) is 12.8 Å². The van der Waals surface area contributed by atoms with Crippen LogP contribution in [0.15, 0.2) is 0 Å². The number of ketones is 1. The third kappa shape index (κ3) is 10.8. The summed E-state index contributed by atoms with van der Waals surface area (Å²) in [7, 11) is 0. The van der Waals surface area contributed by atoms with Gasteiger partial charge in [0, 0.05) is 18.6 Å². The van der Waals surface area contributed by atoms with Gasteiger partial charge in [0.1, 0.15) is 6.61 Å². The van der Waals surface area contributed by atoms with E-state index in [2.05, 4.69) is 30.6 Å². The van der Waals surface area contributed by atoms with Crippen LogP contribution < -0.4 is 0 Å². The molecule has 2 fully saturated rings. The monoisotopic (exact) mass is 457 g/mol. The van der Waals surface area contributed by atoms with E-state index < -0.39 is 23.8 Å². The first-order valence-corrected chi connectivity index (χ1v) is 8.60. The van der Waals surface area contributed by atoms with Crippen molar-refractivity contribution in [2.45, 2.75) is 45.4 Å². The molecule has 0 radical (unpaired) electrons. The maximum absolute atomic E-state index is 11.3. The van der Waals surface area contributed by atoms with Gasteiger partial charge < -0.3 is 35.7 Å². The number of imide groups is 2. The van der Waals surface area contributed by atoms with E-state index in [9.17, 15) is 33.6 Å². The summed E-state index contributed by atoms with van der Waals surface area (Å²) >= 11 is 2.31. The molecule has 2 heterocycles. The molecule has 13 heteroatoms. The van der Waals surface area contributed by atoms with Crippen molar-refractivity contribution in [3.05, 3.63) is 11.7 Å². The molecule has 4 amide bonds. The van der Waals surface area contributed by atoms with E-state index in [1.54, 1.807) is 0 Å². The molecule has 2 aliphatic heterocycles. The first-order chi connectivity index (χ1) is 13.7. The van der Waals surface area contributed by atoms with Crippen LogP contribution in [-0.2, 0) is 62.7 Å². The topological polar surface area (TPSA) is 172 Å². The van der Waals surface area contributed by atoms with E-state index in [1.807, 2.05) is 0 Å². The van der Waals surface area contributed by atoms with Gasteiger partial charge in [0.25, 0.3) is 11.8 Å². The summed E-state index contributed by atoms with van der Waals surface area (Å²) < 4.78 is 12.5. The number of carbonyl (C=O) groups excluding carboxylic acids is 7. The van der Waals surface area contributed by atoms with Crippen LogP contribution in [0.2, 0.25) is 0 Å². The van der Waals surface area contributed by atoms with Crippen molar-refractivity contribution >= 4 is 41.4 Å². The number of ether oxygens (including phenoxy) is 1. The zero-order valence-corrected chi connectivity index (χ0v) is 16.4. The van der Waals surface area contributed by atoms with Gasteiger partial charge in [-0.1, -0.05) is 0 Å². The third-order valence-electron chi connectivity index (χ3n) is 3.23. The van der Waals surface area contributed by atoms with Gasteiger partial charge in [-0.2, -0.15) is 6.92 Å². The molecular weight excluding hydrogens is 439 g/mol. The number of amides is 4. The first kappa shape index (κ1) is 26.1. The maximum atomic E-state index is 11.3. The Hall–Kier alpha value is -2.93. The van der Waals surface area contributed by atoms with Gasteiger partial charge in [0.05, 0.1) is 24.7 Å². The Kier molecular flexibility index (Phi) is 12.7. The predicted molar refractivity (Wildman–Crippen MR) is 85.6 cm³/mol. The molecular formula is C16H18CoN2O10-2. The quantitative estimate of drug-likeness (QED) is 0.283. The Balaban J connectivity index is 0.000000722. The van der Waals surface area contributed by atoms with Gasteiger partial charge in [-0.25, -0.2) is 4.79 Å². The van der Waals surface area contributed by atoms with E-state index in [4.69, 9.17) is 3.87 Å². The summed E-state index contributed by atoms with van der Waals surface area (Å²) in [6.45, 7) is 1.13. The molecule has 0 atom stereocenters. The minimum atomic E-state index is -0.890. The number of rotatable bonds is 7. The van der Waals surface area contributed by atoms with Crippen LogP contribution in [0, 0.1) is 6.42 Å². The summed E-state index contributed by atoms with van der Waals surface area (Å²) in [5, 5.41) is 3.52. The molecule has 0 aliphatic carbocycles. The third-order valence-corrected chi connectivity index (χ3v) is 3.23. The Bertz CT molecular complexity index is 649. The zero-order valence-electron chi connectivity index (χ0n) is 15.3. The van der Waals surface area contributed by atoms with Crippen molar-refractivity contribution in [1.82, 2.24) is 5.06 Å². The zero-order chi connectivity index (χ0) is 22.4. The standard InChI is InChI=1S/C12H14NO7.C4H5NO2.Co.O/c1-2-8(14)7-19-11(17)5-6-12(18)20-13-9(15)3-4-10(13)16;6-3-1-2-4(7)5-3;;/h2H,3-7H2,1H3;1-2H2,(H,5,6,7);;/q-1;;;/p-1. The molecule has 29 heavy (non-hydrogen) atoms. The summed E-state index contributed by atoms with van der Waals surface area (Å²) in [6.07, 6.45) is 1.25. The van der Waals surface area contributed by atoms with Crippen molar-refractivity contribution in [3.63, 3.8) is 0 Å². The number of nitrogens with zero attached hydrogens (tertiary/aromatic N) is 2.